The number of likely N-dealkylation sites (N-methyl/N-ethyl adjacent to an activating group) is 1. The summed E-state index contributed by atoms with van der Waals surface area (Å²) in [5, 5.41) is 0. The zero-order valence-electron chi connectivity index (χ0n) is 14.5. The molecule has 1 aromatic rings. The van der Waals surface area contributed by atoms with Crippen molar-refractivity contribution in [2.45, 2.75) is 58.6 Å². The molecule has 3 heteroatoms. The van der Waals surface area contributed by atoms with Gasteiger partial charge in [-0.15, -0.1) is 0 Å². The lowest BCUT2D eigenvalue weighted by Gasteiger charge is -2.19. The number of ether oxygens (including phenoxy) is 1. The molecule has 0 amide bonds. The molecule has 0 aromatic heterocycles. The van der Waals surface area contributed by atoms with Gasteiger partial charge in [0.25, 0.3) is 0 Å². The molecule has 3 unspecified atom stereocenters. The standard InChI is InChI=1S/C19H29NO2/c1-6-14(4)16-9-7-8-10-18(16)22-15-11-17(20(5)12-15)19(21)13(2)3/h7-10,13-15,17H,6,11-12H2,1-5H3. The Morgan fingerprint density at radius 1 is 1.32 bits per heavy atom. The molecule has 1 heterocycles. The number of benzene rings is 1. The van der Waals surface area contributed by atoms with Gasteiger partial charge < -0.3 is 4.74 Å². The van der Waals surface area contributed by atoms with E-state index in [1.54, 1.807) is 0 Å². The minimum atomic E-state index is 0.000704. The van der Waals surface area contributed by atoms with Crippen molar-refractivity contribution in [2.75, 3.05) is 13.6 Å². The Morgan fingerprint density at radius 3 is 2.64 bits per heavy atom. The zero-order chi connectivity index (χ0) is 16.3. The van der Waals surface area contributed by atoms with E-state index < -0.39 is 0 Å². The summed E-state index contributed by atoms with van der Waals surface area (Å²) in [6.45, 7) is 9.19. The average molecular weight is 303 g/mol. The minimum Gasteiger partial charge on any atom is -0.489 e. The van der Waals surface area contributed by atoms with E-state index in [0.717, 1.165) is 25.1 Å². The fraction of sp³-hybridized carbons (Fsp3) is 0.632. The Labute approximate surface area is 134 Å². The summed E-state index contributed by atoms with van der Waals surface area (Å²) in [5.41, 5.74) is 1.27. The summed E-state index contributed by atoms with van der Waals surface area (Å²) in [7, 11) is 2.02. The number of rotatable bonds is 6. The SMILES string of the molecule is CCC(C)c1ccccc1OC1CC(C(=O)C(C)C)N(C)C1. The van der Waals surface area contributed by atoms with Gasteiger partial charge in [0.2, 0.25) is 0 Å². The Balaban J connectivity index is 2.08. The van der Waals surface area contributed by atoms with Crippen LogP contribution in [0.4, 0.5) is 0 Å². The average Bonchev–Trinajstić information content (AvgIpc) is 2.86. The molecular weight excluding hydrogens is 274 g/mol. The molecule has 1 saturated heterocycles. The molecule has 3 nitrogen and oxygen atoms in total. The predicted molar refractivity (Wildman–Crippen MR) is 90.4 cm³/mol. The second kappa shape index (κ2) is 7.28. The maximum absolute atomic E-state index is 12.3. The number of nitrogens with zero attached hydrogens (tertiary/aromatic N) is 1. The lowest BCUT2D eigenvalue weighted by atomic mass is 9.97. The highest BCUT2D eigenvalue weighted by Gasteiger charge is 2.36. The number of Topliss-reactive ketones (excluding diaryl/α,β-unsaturated/α-hetero) is 1. The van der Waals surface area contributed by atoms with Crippen molar-refractivity contribution in [3.05, 3.63) is 29.8 Å². The van der Waals surface area contributed by atoms with E-state index in [1.165, 1.54) is 5.56 Å². The monoisotopic (exact) mass is 303 g/mol. The summed E-state index contributed by atoms with van der Waals surface area (Å²) >= 11 is 0. The van der Waals surface area contributed by atoms with E-state index in [2.05, 4.69) is 36.9 Å². The molecule has 0 radical (unpaired) electrons. The molecule has 0 N–H and O–H groups in total. The highest BCUT2D eigenvalue weighted by Crippen LogP contribution is 2.31. The van der Waals surface area contributed by atoms with Gasteiger partial charge in [0, 0.05) is 18.9 Å². The summed E-state index contributed by atoms with van der Waals surface area (Å²) in [6, 6.07) is 8.30. The van der Waals surface area contributed by atoms with Crippen LogP contribution in [-0.4, -0.2) is 36.4 Å². The first-order valence-electron chi connectivity index (χ1n) is 8.43. The third kappa shape index (κ3) is 3.70. The van der Waals surface area contributed by atoms with Crippen molar-refractivity contribution in [1.82, 2.24) is 4.90 Å². The molecule has 0 aliphatic carbocycles. The summed E-state index contributed by atoms with van der Waals surface area (Å²) in [5.74, 6) is 1.87. The van der Waals surface area contributed by atoms with E-state index in [9.17, 15) is 4.79 Å². The molecule has 3 atom stereocenters. The molecular formula is C19H29NO2. The van der Waals surface area contributed by atoms with Crippen LogP contribution in [-0.2, 0) is 4.79 Å². The summed E-state index contributed by atoms with van der Waals surface area (Å²) in [4.78, 5) is 14.4. The van der Waals surface area contributed by atoms with Crippen LogP contribution in [0.3, 0.4) is 0 Å². The molecule has 0 bridgehead atoms. The topological polar surface area (TPSA) is 29.5 Å². The number of ketones is 1. The second-order valence-corrected chi connectivity index (χ2v) is 6.84. The Hall–Kier alpha value is -1.35. The number of hydrogen-bond donors (Lipinski definition) is 0. The Bertz CT molecular complexity index is 512. The third-order valence-corrected chi connectivity index (χ3v) is 4.76. The molecule has 22 heavy (non-hydrogen) atoms. The van der Waals surface area contributed by atoms with Crippen molar-refractivity contribution in [3.8, 4) is 5.75 Å². The molecule has 0 saturated carbocycles. The van der Waals surface area contributed by atoms with Gasteiger partial charge in [-0.05, 0) is 31.0 Å². The van der Waals surface area contributed by atoms with E-state index in [-0.39, 0.29) is 18.1 Å². The van der Waals surface area contributed by atoms with Crippen molar-refractivity contribution >= 4 is 5.78 Å². The predicted octanol–water partition coefficient (Wildman–Crippen LogP) is 3.88. The van der Waals surface area contributed by atoms with Gasteiger partial charge in [0.05, 0.1) is 6.04 Å². The smallest absolute Gasteiger partial charge is 0.152 e. The first-order valence-corrected chi connectivity index (χ1v) is 8.43. The van der Waals surface area contributed by atoms with Gasteiger partial charge in [-0.3, -0.25) is 9.69 Å². The van der Waals surface area contributed by atoms with Gasteiger partial charge in [0.1, 0.15) is 11.9 Å². The van der Waals surface area contributed by atoms with Gasteiger partial charge in [-0.1, -0.05) is 45.9 Å². The van der Waals surface area contributed by atoms with Gasteiger partial charge >= 0.3 is 0 Å². The van der Waals surface area contributed by atoms with Crippen molar-refractivity contribution in [2.24, 2.45) is 5.92 Å². The van der Waals surface area contributed by atoms with E-state index in [0.29, 0.717) is 11.7 Å². The zero-order valence-corrected chi connectivity index (χ0v) is 14.5. The molecule has 1 aliphatic rings. The molecule has 2 rings (SSSR count). The molecule has 0 spiro atoms. The van der Waals surface area contributed by atoms with Crippen molar-refractivity contribution < 1.29 is 9.53 Å². The maximum Gasteiger partial charge on any atom is 0.152 e. The van der Waals surface area contributed by atoms with Crippen LogP contribution in [0.1, 0.15) is 52.0 Å². The van der Waals surface area contributed by atoms with Gasteiger partial charge in [-0.25, -0.2) is 0 Å². The number of carbonyl (C=O) groups excluding carboxylic acids is 1. The number of likely N-dealkylation sites (tertiary alicyclic amines) is 1. The van der Waals surface area contributed by atoms with Gasteiger partial charge in [0.15, 0.2) is 5.78 Å². The molecule has 1 fully saturated rings. The first-order chi connectivity index (χ1) is 10.4. The third-order valence-electron chi connectivity index (χ3n) is 4.76. The van der Waals surface area contributed by atoms with Crippen molar-refractivity contribution in [3.63, 3.8) is 0 Å². The van der Waals surface area contributed by atoms with E-state index in [1.807, 2.05) is 27.0 Å². The van der Waals surface area contributed by atoms with Crippen LogP contribution < -0.4 is 4.74 Å². The second-order valence-electron chi connectivity index (χ2n) is 6.84. The number of carbonyl (C=O) groups is 1. The van der Waals surface area contributed by atoms with Crippen LogP contribution in [0.25, 0.3) is 0 Å². The summed E-state index contributed by atoms with van der Waals surface area (Å²) < 4.78 is 6.27. The molecule has 1 aliphatic heterocycles. The summed E-state index contributed by atoms with van der Waals surface area (Å²) in [6.07, 6.45) is 1.99. The van der Waals surface area contributed by atoms with E-state index in [4.69, 9.17) is 4.74 Å². The van der Waals surface area contributed by atoms with Crippen LogP contribution in [0.5, 0.6) is 5.75 Å². The van der Waals surface area contributed by atoms with Crippen LogP contribution >= 0.6 is 0 Å². The van der Waals surface area contributed by atoms with Crippen molar-refractivity contribution in [1.29, 1.82) is 0 Å². The Kier molecular flexibility index (Phi) is 5.63. The first kappa shape index (κ1) is 17.0. The van der Waals surface area contributed by atoms with Gasteiger partial charge in [-0.2, -0.15) is 0 Å². The highest BCUT2D eigenvalue weighted by molar-refractivity contribution is 5.86. The molecule has 1 aromatic carbocycles. The lowest BCUT2D eigenvalue weighted by molar-refractivity contribution is -0.125. The maximum atomic E-state index is 12.3. The number of para-hydroxylation sites is 1. The quantitative estimate of drug-likeness (QED) is 0.799. The Morgan fingerprint density at radius 2 is 2.00 bits per heavy atom. The minimum absolute atomic E-state index is 0.000704. The van der Waals surface area contributed by atoms with E-state index >= 15 is 0 Å². The fourth-order valence-corrected chi connectivity index (χ4v) is 3.15. The van der Waals surface area contributed by atoms with Crippen LogP contribution in [0.2, 0.25) is 0 Å². The van der Waals surface area contributed by atoms with Crippen LogP contribution in [0, 0.1) is 5.92 Å². The van der Waals surface area contributed by atoms with Crippen LogP contribution in [0.15, 0.2) is 24.3 Å². The molecule has 122 valence electrons. The largest absolute Gasteiger partial charge is 0.489 e. The highest BCUT2D eigenvalue weighted by atomic mass is 16.5. The lowest BCUT2D eigenvalue weighted by Crippen LogP contribution is -2.35. The normalized spacial score (nSPS) is 23.7. The fourth-order valence-electron chi connectivity index (χ4n) is 3.15. The number of hydrogen-bond acceptors (Lipinski definition) is 3.